The highest BCUT2D eigenvalue weighted by molar-refractivity contribution is 5.39. The molecule has 0 aliphatic heterocycles. The molecule has 0 heterocycles. The smallest absolute Gasteiger partial charge is 0.130 e. The molecule has 112 valence electrons. The van der Waals surface area contributed by atoms with Crippen molar-refractivity contribution in [2.45, 2.75) is 39.2 Å². The molecule has 21 heavy (non-hydrogen) atoms. The van der Waals surface area contributed by atoms with E-state index in [-0.39, 0.29) is 11.9 Å². The second-order valence-electron chi connectivity index (χ2n) is 5.76. The van der Waals surface area contributed by atoms with E-state index in [0.29, 0.717) is 18.1 Å². The maximum absolute atomic E-state index is 13.4. The summed E-state index contributed by atoms with van der Waals surface area (Å²) in [6, 6.07) is 12.5. The van der Waals surface area contributed by atoms with E-state index in [4.69, 9.17) is 10.5 Å². The van der Waals surface area contributed by atoms with Gasteiger partial charge in [-0.15, -0.1) is 0 Å². The van der Waals surface area contributed by atoms with Gasteiger partial charge in [-0.25, -0.2) is 4.39 Å². The minimum absolute atomic E-state index is 0.0440. The summed E-state index contributed by atoms with van der Waals surface area (Å²) >= 11 is 0. The summed E-state index contributed by atoms with van der Waals surface area (Å²) < 4.78 is 19.3. The third-order valence-electron chi connectivity index (χ3n) is 3.34. The third kappa shape index (κ3) is 4.30. The molecule has 1 atom stereocenters. The average Bonchev–Trinajstić information content (AvgIpc) is 2.42. The predicted molar refractivity (Wildman–Crippen MR) is 84.4 cm³/mol. The zero-order valence-corrected chi connectivity index (χ0v) is 12.8. The maximum atomic E-state index is 13.4. The lowest BCUT2D eigenvalue weighted by atomic mass is 10.0. The van der Waals surface area contributed by atoms with Crippen LogP contribution in [0.15, 0.2) is 42.5 Å². The first-order chi connectivity index (χ1) is 9.95. The minimum atomic E-state index is -0.270. The second kappa shape index (κ2) is 6.72. The van der Waals surface area contributed by atoms with E-state index in [2.05, 4.69) is 26.0 Å². The van der Waals surface area contributed by atoms with Gasteiger partial charge in [-0.1, -0.05) is 26.0 Å². The summed E-state index contributed by atoms with van der Waals surface area (Å²) in [6.45, 7) is 6.19. The fourth-order valence-electron chi connectivity index (χ4n) is 2.20. The van der Waals surface area contributed by atoms with Crippen molar-refractivity contribution in [1.29, 1.82) is 0 Å². The Morgan fingerprint density at radius 2 is 1.71 bits per heavy atom. The van der Waals surface area contributed by atoms with E-state index in [9.17, 15) is 4.39 Å². The lowest BCUT2D eigenvalue weighted by Crippen LogP contribution is -2.18. The molecule has 0 saturated carbocycles. The molecule has 2 N–H and O–H groups in total. The molecular weight excluding hydrogens is 265 g/mol. The van der Waals surface area contributed by atoms with Crippen molar-refractivity contribution in [2.75, 3.05) is 0 Å². The van der Waals surface area contributed by atoms with Crippen LogP contribution in [0.4, 0.5) is 4.39 Å². The molecule has 0 saturated heterocycles. The van der Waals surface area contributed by atoms with Crippen LogP contribution in [0.3, 0.4) is 0 Å². The molecule has 3 heteroatoms. The zero-order chi connectivity index (χ0) is 15.4. The number of benzene rings is 2. The van der Waals surface area contributed by atoms with Gasteiger partial charge in [0.1, 0.15) is 17.3 Å². The molecule has 2 aromatic carbocycles. The van der Waals surface area contributed by atoms with Crippen molar-refractivity contribution in [2.24, 2.45) is 5.73 Å². The maximum Gasteiger partial charge on any atom is 0.130 e. The Labute approximate surface area is 125 Å². The molecule has 0 spiro atoms. The summed E-state index contributed by atoms with van der Waals surface area (Å²) in [5.41, 5.74) is 7.86. The van der Waals surface area contributed by atoms with Gasteiger partial charge < -0.3 is 10.5 Å². The molecular formula is C18H22FNO. The molecule has 0 amide bonds. The van der Waals surface area contributed by atoms with Crippen LogP contribution in [0.25, 0.3) is 0 Å². The van der Waals surface area contributed by atoms with Gasteiger partial charge in [0.25, 0.3) is 0 Å². The number of rotatable bonds is 5. The van der Waals surface area contributed by atoms with Crippen LogP contribution in [0.5, 0.6) is 11.5 Å². The Morgan fingerprint density at radius 1 is 1.05 bits per heavy atom. The SMILES string of the molecule is CC(N)Cc1cc(F)ccc1Oc1ccc(C(C)C)cc1. The molecule has 2 nitrogen and oxygen atoms in total. The molecule has 0 bridgehead atoms. The van der Waals surface area contributed by atoms with Gasteiger partial charge in [-0.2, -0.15) is 0 Å². The number of hydrogen-bond donors (Lipinski definition) is 1. The lowest BCUT2D eigenvalue weighted by molar-refractivity contribution is 0.471. The largest absolute Gasteiger partial charge is 0.457 e. The Hall–Kier alpha value is -1.87. The molecule has 0 radical (unpaired) electrons. The van der Waals surface area contributed by atoms with Crippen LogP contribution in [0, 0.1) is 5.82 Å². The van der Waals surface area contributed by atoms with Gasteiger partial charge in [0, 0.05) is 6.04 Å². The van der Waals surface area contributed by atoms with Crippen molar-refractivity contribution in [3.05, 3.63) is 59.4 Å². The van der Waals surface area contributed by atoms with Crippen molar-refractivity contribution in [1.82, 2.24) is 0 Å². The summed E-state index contributed by atoms with van der Waals surface area (Å²) in [6.07, 6.45) is 0.581. The summed E-state index contributed by atoms with van der Waals surface area (Å²) in [5.74, 6) is 1.62. The van der Waals surface area contributed by atoms with E-state index < -0.39 is 0 Å². The van der Waals surface area contributed by atoms with Crippen molar-refractivity contribution >= 4 is 0 Å². The van der Waals surface area contributed by atoms with Crippen molar-refractivity contribution in [3.8, 4) is 11.5 Å². The highest BCUT2D eigenvalue weighted by atomic mass is 19.1. The van der Waals surface area contributed by atoms with Crippen LogP contribution in [-0.2, 0) is 6.42 Å². The van der Waals surface area contributed by atoms with E-state index in [1.54, 1.807) is 6.07 Å². The zero-order valence-electron chi connectivity index (χ0n) is 12.8. The van der Waals surface area contributed by atoms with E-state index in [1.165, 1.54) is 17.7 Å². The van der Waals surface area contributed by atoms with Gasteiger partial charge in [0.15, 0.2) is 0 Å². The van der Waals surface area contributed by atoms with Crippen molar-refractivity contribution in [3.63, 3.8) is 0 Å². The highest BCUT2D eigenvalue weighted by Gasteiger charge is 2.09. The van der Waals surface area contributed by atoms with E-state index in [1.807, 2.05) is 19.1 Å². The quantitative estimate of drug-likeness (QED) is 0.870. The van der Waals surface area contributed by atoms with Crippen molar-refractivity contribution < 1.29 is 9.13 Å². The fourth-order valence-corrected chi connectivity index (χ4v) is 2.20. The first kappa shape index (κ1) is 15.5. The number of ether oxygens (including phenoxy) is 1. The molecule has 2 rings (SSSR count). The molecule has 0 fully saturated rings. The van der Waals surface area contributed by atoms with Gasteiger partial charge in [0.2, 0.25) is 0 Å². The van der Waals surface area contributed by atoms with Crippen LogP contribution < -0.4 is 10.5 Å². The number of halogens is 1. The Bertz CT molecular complexity index is 591. The van der Waals surface area contributed by atoms with Crippen LogP contribution in [0.2, 0.25) is 0 Å². The van der Waals surface area contributed by atoms with Crippen LogP contribution in [-0.4, -0.2) is 6.04 Å². The standard InChI is InChI=1S/C18H22FNO/c1-12(2)14-4-7-17(8-5-14)21-18-9-6-16(19)11-15(18)10-13(3)20/h4-9,11-13H,10,20H2,1-3H3. The lowest BCUT2D eigenvalue weighted by Gasteiger charge is -2.14. The normalized spacial score (nSPS) is 12.5. The van der Waals surface area contributed by atoms with Gasteiger partial charge in [-0.3, -0.25) is 0 Å². The predicted octanol–water partition coefficient (Wildman–Crippen LogP) is 4.63. The summed E-state index contributed by atoms with van der Waals surface area (Å²) in [4.78, 5) is 0. The average molecular weight is 287 g/mol. The molecule has 0 aromatic heterocycles. The monoisotopic (exact) mass is 287 g/mol. The van der Waals surface area contributed by atoms with E-state index >= 15 is 0 Å². The fraction of sp³-hybridized carbons (Fsp3) is 0.333. The molecule has 0 aliphatic rings. The Kier molecular flexibility index (Phi) is 4.97. The van der Waals surface area contributed by atoms with Gasteiger partial charge in [-0.05, 0) is 60.7 Å². The van der Waals surface area contributed by atoms with Crippen LogP contribution >= 0.6 is 0 Å². The first-order valence-electron chi connectivity index (χ1n) is 7.27. The number of nitrogens with two attached hydrogens (primary N) is 1. The van der Waals surface area contributed by atoms with Gasteiger partial charge in [0.05, 0.1) is 0 Å². The second-order valence-corrected chi connectivity index (χ2v) is 5.76. The molecule has 0 aliphatic carbocycles. The summed E-state index contributed by atoms with van der Waals surface area (Å²) in [5, 5.41) is 0. The molecule has 2 aromatic rings. The number of hydrogen-bond acceptors (Lipinski definition) is 2. The Morgan fingerprint density at radius 3 is 2.29 bits per heavy atom. The summed E-state index contributed by atoms with van der Waals surface area (Å²) in [7, 11) is 0. The third-order valence-corrected chi connectivity index (χ3v) is 3.34. The van der Waals surface area contributed by atoms with E-state index in [0.717, 1.165) is 11.3 Å². The minimum Gasteiger partial charge on any atom is -0.457 e. The molecule has 1 unspecified atom stereocenters. The Balaban J connectivity index is 2.22. The first-order valence-corrected chi connectivity index (χ1v) is 7.27. The topological polar surface area (TPSA) is 35.2 Å². The van der Waals surface area contributed by atoms with Gasteiger partial charge >= 0.3 is 0 Å². The van der Waals surface area contributed by atoms with Crippen LogP contribution in [0.1, 0.15) is 37.8 Å². The highest BCUT2D eigenvalue weighted by Crippen LogP contribution is 2.28.